The standard InChI is InChI=1S/C19H18N4OS3/c1-9-10(2)26-19-14(9)16(24)22-13(23-19)7-25-17-15-11-5-3-4-6-12(11)27-18(15)21-8-20-17/h8H,3-7H2,1-2H3,(H,22,23,24). The van der Waals surface area contributed by atoms with E-state index in [0.29, 0.717) is 11.6 Å². The van der Waals surface area contributed by atoms with Crippen molar-refractivity contribution in [3.05, 3.63) is 43.4 Å². The molecule has 0 fully saturated rings. The van der Waals surface area contributed by atoms with Crippen molar-refractivity contribution >= 4 is 54.9 Å². The van der Waals surface area contributed by atoms with E-state index in [1.54, 1.807) is 29.4 Å². The van der Waals surface area contributed by atoms with Crippen LogP contribution >= 0.6 is 34.4 Å². The molecule has 4 heterocycles. The molecule has 0 unspecified atom stereocenters. The molecular weight excluding hydrogens is 396 g/mol. The fourth-order valence-electron chi connectivity index (χ4n) is 3.68. The van der Waals surface area contributed by atoms with Gasteiger partial charge in [0, 0.05) is 15.1 Å². The first-order chi connectivity index (χ1) is 13.1. The van der Waals surface area contributed by atoms with Crippen molar-refractivity contribution in [3.63, 3.8) is 0 Å². The molecular formula is C19H18N4OS3. The summed E-state index contributed by atoms with van der Waals surface area (Å²) >= 11 is 5.03. The molecule has 0 saturated heterocycles. The topological polar surface area (TPSA) is 71.5 Å². The minimum absolute atomic E-state index is 0.0433. The molecule has 4 aromatic rings. The van der Waals surface area contributed by atoms with Crippen LogP contribution in [0.25, 0.3) is 20.4 Å². The summed E-state index contributed by atoms with van der Waals surface area (Å²) in [6.07, 6.45) is 6.42. The van der Waals surface area contributed by atoms with E-state index >= 15 is 0 Å². The third kappa shape index (κ3) is 2.90. The van der Waals surface area contributed by atoms with Gasteiger partial charge in [-0.25, -0.2) is 15.0 Å². The first kappa shape index (κ1) is 17.3. The number of thioether (sulfide) groups is 1. The summed E-state index contributed by atoms with van der Waals surface area (Å²) in [4.78, 5) is 33.7. The lowest BCUT2D eigenvalue weighted by Crippen LogP contribution is -2.10. The number of fused-ring (bicyclic) bond motifs is 4. The molecule has 0 bridgehead atoms. The lowest BCUT2D eigenvalue weighted by Gasteiger charge is -2.11. The Morgan fingerprint density at radius 3 is 2.85 bits per heavy atom. The van der Waals surface area contributed by atoms with Gasteiger partial charge >= 0.3 is 0 Å². The highest BCUT2D eigenvalue weighted by atomic mass is 32.2. The number of aromatic nitrogens is 4. The average molecular weight is 415 g/mol. The molecule has 1 aliphatic rings. The Labute approximate surface area is 168 Å². The Morgan fingerprint density at radius 2 is 1.96 bits per heavy atom. The summed E-state index contributed by atoms with van der Waals surface area (Å²) in [7, 11) is 0. The number of thiophene rings is 2. The Balaban J connectivity index is 1.51. The van der Waals surface area contributed by atoms with E-state index < -0.39 is 0 Å². The fourth-order valence-corrected chi connectivity index (χ4v) is 6.91. The number of H-pyrrole nitrogens is 1. The maximum Gasteiger partial charge on any atom is 0.259 e. The van der Waals surface area contributed by atoms with Crippen molar-refractivity contribution in [1.82, 2.24) is 19.9 Å². The van der Waals surface area contributed by atoms with Crippen molar-refractivity contribution in [2.45, 2.75) is 50.3 Å². The Kier molecular flexibility index (Phi) is 4.29. The average Bonchev–Trinajstić information content (AvgIpc) is 3.18. The predicted octanol–water partition coefficient (Wildman–Crippen LogP) is 4.78. The summed E-state index contributed by atoms with van der Waals surface area (Å²) in [5, 5.41) is 2.94. The molecule has 0 atom stereocenters. The molecule has 138 valence electrons. The second-order valence-corrected chi connectivity index (χ2v) is 10.1. The van der Waals surface area contributed by atoms with Crippen LogP contribution in [0.2, 0.25) is 0 Å². The zero-order valence-electron chi connectivity index (χ0n) is 15.1. The number of rotatable bonds is 3. The molecule has 1 N–H and O–H groups in total. The summed E-state index contributed by atoms with van der Waals surface area (Å²) in [5.41, 5.74) is 2.43. The van der Waals surface area contributed by atoms with Crippen LogP contribution in [0.5, 0.6) is 0 Å². The Morgan fingerprint density at radius 1 is 1.11 bits per heavy atom. The van der Waals surface area contributed by atoms with Crippen LogP contribution < -0.4 is 5.56 Å². The van der Waals surface area contributed by atoms with Crippen molar-refractivity contribution in [2.24, 2.45) is 0 Å². The smallest absolute Gasteiger partial charge is 0.259 e. The van der Waals surface area contributed by atoms with Gasteiger partial charge in [0.2, 0.25) is 0 Å². The van der Waals surface area contributed by atoms with E-state index in [1.165, 1.54) is 28.7 Å². The number of aromatic amines is 1. The minimum Gasteiger partial charge on any atom is -0.309 e. The normalized spacial score (nSPS) is 14.1. The molecule has 0 aromatic carbocycles. The van der Waals surface area contributed by atoms with Gasteiger partial charge in [0.25, 0.3) is 5.56 Å². The van der Waals surface area contributed by atoms with E-state index in [1.807, 2.05) is 25.2 Å². The Hall–Kier alpha value is -1.77. The van der Waals surface area contributed by atoms with E-state index in [9.17, 15) is 4.79 Å². The van der Waals surface area contributed by atoms with Crippen molar-refractivity contribution < 1.29 is 0 Å². The molecule has 0 spiro atoms. The zero-order chi connectivity index (χ0) is 18.5. The molecule has 5 rings (SSSR count). The van der Waals surface area contributed by atoms with Crippen molar-refractivity contribution in [3.8, 4) is 0 Å². The van der Waals surface area contributed by atoms with Crippen LogP contribution in [0, 0.1) is 13.8 Å². The molecule has 0 radical (unpaired) electrons. The largest absolute Gasteiger partial charge is 0.309 e. The van der Waals surface area contributed by atoms with E-state index in [-0.39, 0.29) is 5.56 Å². The minimum atomic E-state index is -0.0433. The molecule has 27 heavy (non-hydrogen) atoms. The first-order valence-corrected chi connectivity index (χ1v) is 11.6. The third-order valence-corrected chi connectivity index (χ3v) is 8.45. The molecule has 0 amide bonds. The highest BCUT2D eigenvalue weighted by molar-refractivity contribution is 7.98. The Bertz CT molecular complexity index is 1240. The van der Waals surface area contributed by atoms with Crippen molar-refractivity contribution in [1.29, 1.82) is 0 Å². The fraction of sp³-hybridized carbons (Fsp3) is 0.368. The molecule has 0 saturated carbocycles. The van der Waals surface area contributed by atoms with Gasteiger partial charge in [-0.05, 0) is 50.7 Å². The van der Waals surface area contributed by atoms with Gasteiger partial charge in [-0.1, -0.05) is 11.8 Å². The lowest BCUT2D eigenvalue weighted by atomic mass is 9.97. The third-order valence-electron chi connectivity index (χ3n) is 5.15. The highest BCUT2D eigenvalue weighted by Gasteiger charge is 2.20. The number of nitrogens with one attached hydrogen (secondary N) is 1. The predicted molar refractivity (Wildman–Crippen MR) is 113 cm³/mol. The van der Waals surface area contributed by atoms with Crippen LogP contribution in [0.15, 0.2) is 16.1 Å². The summed E-state index contributed by atoms with van der Waals surface area (Å²) in [5.74, 6) is 1.30. The lowest BCUT2D eigenvalue weighted by molar-refractivity contribution is 0.699. The van der Waals surface area contributed by atoms with Gasteiger partial charge in [0.05, 0.1) is 11.1 Å². The van der Waals surface area contributed by atoms with Gasteiger partial charge in [0.1, 0.15) is 26.8 Å². The number of hydrogen-bond acceptors (Lipinski definition) is 7. The second kappa shape index (κ2) is 6.68. The molecule has 5 nitrogen and oxygen atoms in total. The van der Waals surface area contributed by atoms with Crippen LogP contribution in [0.3, 0.4) is 0 Å². The molecule has 1 aliphatic carbocycles. The van der Waals surface area contributed by atoms with Crippen LogP contribution in [-0.2, 0) is 18.6 Å². The maximum absolute atomic E-state index is 12.5. The summed E-state index contributed by atoms with van der Waals surface area (Å²) in [6, 6.07) is 0. The molecule has 8 heteroatoms. The molecule has 4 aromatic heterocycles. The highest BCUT2D eigenvalue weighted by Crippen LogP contribution is 2.39. The van der Waals surface area contributed by atoms with Crippen LogP contribution in [-0.4, -0.2) is 19.9 Å². The van der Waals surface area contributed by atoms with Gasteiger partial charge < -0.3 is 4.98 Å². The number of hydrogen-bond donors (Lipinski definition) is 1. The number of nitrogens with zero attached hydrogens (tertiary/aromatic N) is 3. The van der Waals surface area contributed by atoms with Crippen molar-refractivity contribution in [2.75, 3.05) is 0 Å². The van der Waals surface area contributed by atoms with E-state index in [0.717, 1.165) is 43.4 Å². The van der Waals surface area contributed by atoms with Gasteiger partial charge in [-0.2, -0.15) is 0 Å². The SMILES string of the molecule is Cc1sc2nc(CSc3ncnc4sc5c(c34)CCCC5)[nH]c(=O)c2c1C. The van der Waals surface area contributed by atoms with E-state index in [2.05, 4.69) is 19.9 Å². The van der Waals surface area contributed by atoms with Gasteiger partial charge in [-0.3, -0.25) is 4.79 Å². The summed E-state index contributed by atoms with van der Waals surface area (Å²) < 4.78 is 0. The van der Waals surface area contributed by atoms with Crippen LogP contribution in [0.4, 0.5) is 0 Å². The second-order valence-electron chi connectivity index (χ2n) is 6.83. The van der Waals surface area contributed by atoms with Crippen LogP contribution in [0.1, 0.15) is 39.5 Å². The maximum atomic E-state index is 12.5. The molecule has 0 aliphatic heterocycles. The van der Waals surface area contributed by atoms with Gasteiger partial charge in [0.15, 0.2) is 0 Å². The number of aryl methyl sites for hydroxylation is 4. The quantitative estimate of drug-likeness (QED) is 0.386. The van der Waals surface area contributed by atoms with E-state index in [4.69, 9.17) is 0 Å². The first-order valence-electron chi connectivity index (χ1n) is 8.98. The zero-order valence-corrected chi connectivity index (χ0v) is 17.5. The summed E-state index contributed by atoms with van der Waals surface area (Å²) in [6.45, 7) is 4.02. The monoisotopic (exact) mass is 414 g/mol. The van der Waals surface area contributed by atoms with Gasteiger partial charge in [-0.15, -0.1) is 22.7 Å².